The molecule has 0 saturated carbocycles. The van der Waals surface area contributed by atoms with Crippen LogP contribution in [0.5, 0.6) is 0 Å². The molecule has 2 N–H and O–H groups in total. The van der Waals surface area contributed by atoms with Gasteiger partial charge in [0.2, 0.25) is 0 Å². The van der Waals surface area contributed by atoms with Gasteiger partial charge in [-0.3, -0.25) is 4.79 Å². The molecule has 0 radical (unpaired) electrons. The molecule has 5 nitrogen and oxygen atoms in total. The highest BCUT2D eigenvalue weighted by Gasteiger charge is 2.29. The predicted octanol–water partition coefficient (Wildman–Crippen LogP) is 1.44. The third-order valence-corrected chi connectivity index (χ3v) is 7.20. The third kappa shape index (κ3) is 4.96. The van der Waals surface area contributed by atoms with Crippen molar-refractivity contribution in [1.82, 2.24) is 10.2 Å². The number of thioether (sulfide) groups is 3. The summed E-state index contributed by atoms with van der Waals surface area (Å²) in [5.74, 6) is 4.19. The number of carboxylic acids is 1. The number of nitrogens with one attached hydrogen (secondary N) is 1. The van der Waals surface area contributed by atoms with E-state index in [2.05, 4.69) is 5.32 Å². The van der Waals surface area contributed by atoms with Crippen LogP contribution in [0.1, 0.15) is 6.42 Å². The molecule has 8 heteroatoms. The Labute approximate surface area is 132 Å². The molecule has 2 aliphatic heterocycles. The van der Waals surface area contributed by atoms with Crippen molar-refractivity contribution in [3.63, 3.8) is 0 Å². The number of nitrogens with zero attached hydrogens (tertiary/aromatic N) is 1. The van der Waals surface area contributed by atoms with E-state index in [9.17, 15) is 9.59 Å². The highest BCUT2D eigenvalue weighted by Crippen LogP contribution is 2.23. The zero-order valence-electron chi connectivity index (χ0n) is 11.2. The molecule has 0 aliphatic carbocycles. The summed E-state index contributed by atoms with van der Waals surface area (Å²) in [5, 5.41) is 12.4. The molecule has 2 heterocycles. The van der Waals surface area contributed by atoms with Crippen LogP contribution in [0.3, 0.4) is 0 Å². The molecule has 2 rings (SSSR count). The van der Waals surface area contributed by atoms with Crippen LogP contribution in [0.25, 0.3) is 0 Å². The first-order chi connectivity index (χ1) is 9.66. The highest BCUT2D eigenvalue weighted by molar-refractivity contribution is 8.06. The minimum atomic E-state index is -0.838. The lowest BCUT2D eigenvalue weighted by Crippen LogP contribution is -2.52. The lowest BCUT2D eigenvalue weighted by Gasteiger charge is -2.35. The van der Waals surface area contributed by atoms with Gasteiger partial charge >= 0.3 is 12.0 Å². The second-order valence-electron chi connectivity index (χ2n) is 4.77. The zero-order chi connectivity index (χ0) is 14.4. The molecular formula is C12H20N2O3S3. The minimum Gasteiger partial charge on any atom is -0.481 e. The average Bonchev–Trinajstić information content (AvgIpc) is 2.46. The maximum atomic E-state index is 12.2. The number of carbonyl (C=O) groups is 2. The normalized spacial score (nSPS) is 27.1. The van der Waals surface area contributed by atoms with Crippen molar-refractivity contribution in [2.24, 2.45) is 0 Å². The Morgan fingerprint density at radius 3 is 2.70 bits per heavy atom. The van der Waals surface area contributed by atoms with E-state index >= 15 is 0 Å². The lowest BCUT2D eigenvalue weighted by molar-refractivity contribution is -0.137. The van der Waals surface area contributed by atoms with Crippen LogP contribution in [-0.2, 0) is 4.79 Å². The van der Waals surface area contributed by atoms with Crippen molar-refractivity contribution >= 4 is 47.3 Å². The number of urea groups is 1. The summed E-state index contributed by atoms with van der Waals surface area (Å²) in [7, 11) is 0. The number of carboxylic acid groups (broad SMARTS) is 1. The van der Waals surface area contributed by atoms with Gasteiger partial charge in [-0.15, -0.1) is 0 Å². The molecule has 2 unspecified atom stereocenters. The Morgan fingerprint density at radius 2 is 2.00 bits per heavy atom. The maximum absolute atomic E-state index is 12.2. The van der Waals surface area contributed by atoms with Gasteiger partial charge < -0.3 is 15.3 Å². The summed E-state index contributed by atoms with van der Waals surface area (Å²) in [4.78, 5) is 24.8. The topological polar surface area (TPSA) is 69.6 Å². The molecule has 0 aromatic carbocycles. The summed E-state index contributed by atoms with van der Waals surface area (Å²) < 4.78 is 0. The molecule has 2 saturated heterocycles. The quantitative estimate of drug-likeness (QED) is 0.809. The lowest BCUT2D eigenvalue weighted by atomic mass is 10.2. The maximum Gasteiger partial charge on any atom is 0.317 e. The van der Waals surface area contributed by atoms with E-state index in [1.165, 1.54) is 5.75 Å². The van der Waals surface area contributed by atoms with Crippen LogP contribution in [0.2, 0.25) is 0 Å². The van der Waals surface area contributed by atoms with Crippen LogP contribution in [0.4, 0.5) is 4.79 Å². The second-order valence-corrected chi connectivity index (χ2v) is 8.48. The Kier molecular flexibility index (Phi) is 6.70. The Hall–Kier alpha value is -0.210. The minimum absolute atomic E-state index is 0.0362. The molecule has 2 fully saturated rings. The summed E-state index contributed by atoms with van der Waals surface area (Å²) in [6, 6.07) is -0.285. The monoisotopic (exact) mass is 336 g/mol. The van der Waals surface area contributed by atoms with Gasteiger partial charge in [0, 0.05) is 47.1 Å². The average molecular weight is 337 g/mol. The van der Waals surface area contributed by atoms with Gasteiger partial charge in [0.25, 0.3) is 0 Å². The van der Waals surface area contributed by atoms with Crippen molar-refractivity contribution in [3.05, 3.63) is 0 Å². The molecule has 0 bridgehead atoms. The second kappa shape index (κ2) is 8.29. The van der Waals surface area contributed by atoms with E-state index in [4.69, 9.17) is 5.11 Å². The summed E-state index contributed by atoms with van der Waals surface area (Å²) in [6.45, 7) is 1.32. The van der Waals surface area contributed by atoms with Crippen LogP contribution in [-0.4, -0.2) is 75.2 Å². The molecule has 2 aliphatic rings. The summed E-state index contributed by atoms with van der Waals surface area (Å²) in [5.41, 5.74) is 0. The van der Waals surface area contributed by atoms with Gasteiger partial charge in [0.1, 0.15) is 0 Å². The molecule has 0 aromatic rings. The number of aliphatic carboxylic acids is 1. The molecular weight excluding hydrogens is 316 g/mol. The van der Waals surface area contributed by atoms with Crippen molar-refractivity contribution in [3.8, 4) is 0 Å². The fourth-order valence-electron chi connectivity index (χ4n) is 2.25. The Morgan fingerprint density at radius 1 is 1.20 bits per heavy atom. The van der Waals surface area contributed by atoms with E-state index in [-0.39, 0.29) is 18.5 Å². The van der Waals surface area contributed by atoms with Gasteiger partial charge in [-0.2, -0.15) is 35.3 Å². The molecule has 20 heavy (non-hydrogen) atoms. The Bertz CT molecular complexity index is 351. The van der Waals surface area contributed by atoms with Crippen LogP contribution in [0.15, 0.2) is 0 Å². The summed E-state index contributed by atoms with van der Waals surface area (Å²) >= 11 is 5.56. The fraction of sp³-hybridized carbons (Fsp3) is 0.833. The third-order valence-electron chi connectivity index (χ3n) is 3.26. The van der Waals surface area contributed by atoms with E-state index in [1.54, 1.807) is 16.7 Å². The smallest absolute Gasteiger partial charge is 0.317 e. The van der Waals surface area contributed by atoms with E-state index in [0.717, 1.165) is 17.3 Å². The largest absolute Gasteiger partial charge is 0.481 e. The van der Waals surface area contributed by atoms with Crippen molar-refractivity contribution < 1.29 is 14.7 Å². The first-order valence-corrected chi connectivity index (χ1v) is 10.1. The van der Waals surface area contributed by atoms with E-state index in [0.29, 0.717) is 24.1 Å². The van der Waals surface area contributed by atoms with Gasteiger partial charge in [0.15, 0.2) is 0 Å². The predicted molar refractivity (Wildman–Crippen MR) is 87.0 cm³/mol. The molecule has 2 amide bonds. The molecule has 114 valence electrons. The number of hydrogen-bond acceptors (Lipinski definition) is 5. The number of rotatable bonds is 4. The SMILES string of the molecule is O=C(O)CC1CSCCN1C(=O)NCC1CSCCS1. The number of amides is 2. The van der Waals surface area contributed by atoms with Gasteiger partial charge in [-0.25, -0.2) is 4.79 Å². The fourth-order valence-corrected chi connectivity index (χ4v) is 5.92. The number of carbonyl (C=O) groups excluding carboxylic acids is 1. The van der Waals surface area contributed by atoms with Gasteiger partial charge in [-0.05, 0) is 0 Å². The van der Waals surface area contributed by atoms with Crippen molar-refractivity contribution in [2.75, 3.05) is 41.9 Å². The first-order valence-electron chi connectivity index (χ1n) is 6.70. The first kappa shape index (κ1) is 16.2. The molecule has 2 atom stereocenters. The highest BCUT2D eigenvalue weighted by atomic mass is 32.2. The van der Waals surface area contributed by atoms with Crippen LogP contribution >= 0.6 is 35.3 Å². The van der Waals surface area contributed by atoms with Crippen molar-refractivity contribution in [2.45, 2.75) is 17.7 Å². The Balaban J connectivity index is 1.80. The number of hydrogen-bond donors (Lipinski definition) is 2. The standard InChI is InChI=1S/C12H20N2O3S3/c15-11(16)5-9-7-18-2-1-14(9)12(17)13-6-10-8-19-3-4-20-10/h9-10H,1-8H2,(H,13,17)(H,15,16). The van der Waals surface area contributed by atoms with Crippen LogP contribution in [0, 0.1) is 0 Å². The van der Waals surface area contributed by atoms with E-state index < -0.39 is 5.97 Å². The molecule has 0 spiro atoms. The van der Waals surface area contributed by atoms with E-state index in [1.807, 2.05) is 23.5 Å². The molecule has 0 aromatic heterocycles. The van der Waals surface area contributed by atoms with Crippen LogP contribution < -0.4 is 5.32 Å². The van der Waals surface area contributed by atoms with Gasteiger partial charge in [0.05, 0.1) is 12.5 Å². The zero-order valence-corrected chi connectivity index (χ0v) is 13.7. The van der Waals surface area contributed by atoms with Gasteiger partial charge in [-0.1, -0.05) is 0 Å². The van der Waals surface area contributed by atoms with Crippen molar-refractivity contribution in [1.29, 1.82) is 0 Å². The summed E-state index contributed by atoms with van der Waals surface area (Å²) in [6.07, 6.45) is 0.0362.